The zero-order valence-electron chi connectivity index (χ0n) is 10.1. The summed E-state index contributed by atoms with van der Waals surface area (Å²) in [5.41, 5.74) is 6.73. The second-order valence-electron chi connectivity index (χ2n) is 3.95. The molecule has 0 radical (unpaired) electrons. The van der Waals surface area contributed by atoms with Crippen LogP contribution in [0.15, 0.2) is 45.8 Å². The van der Waals surface area contributed by atoms with Gasteiger partial charge in [0.15, 0.2) is 0 Å². The molecule has 0 aliphatic heterocycles. The van der Waals surface area contributed by atoms with Crippen LogP contribution in [0.25, 0.3) is 0 Å². The fourth-order valence-electron chi connectivity index (χ4n) is 1.55. The van der Waals surface area contributed by atoms with E-state index < -0.39 is 0 Å². The van der Waals surface area contributed by atoms with Gasteiger partial charge in [-0.05, 0) is 40.2 Å². The fourth-order valence-corrected chi connectivity index (χ4v) is 2.15. The predicted molar refractivity (Wildman–Crippen MR) is 85.0 cm³/mol. The lowest BCUT2D eigenvalue weighted by molar-refractivity contribution is 0.102. The van der Waals surface area contributed by atoms with Crippen molar-refractivity contribution in [1.29, 1.82) is 0 Å². The molecule has 1 heterocycles. The zero-order chi connectivity index (χ0) is 14.7. The molecule has 4 N–H and O–H groups in total. The van der Waals surface area contributed by atoms with Gasteiger partial charge in [-0.25, -0.2) is 0 Å². The molecule has 2 rings (SSSR count). The Bertz CT molecular complexity index is 742. The maximum atomic E-state index is 12.0. The molecular weight excluding hydrogens is 342 g/mol. The number of halogens is 1. The van der Waals surface area contributed by atoms with Gasteiger partial charge in [0.1, 0.15) is 4.99 Å². The van der Waals surface area contributed by atoms with Crippen molar-refractivity contribution in [3.8, 4) is 0 Å². The molecule has 0 saturated carbocycles. The van der Waals surface area contributed by atoms with E-state index in [2.05, 4.69) is 26.2 Å². The molecule has 0 saturated heterocycles. The van der Waals surface area contributed by atoms with Crippen LogP contribution in [0.5, 0.6) is 0 Å². The third-order valence-corrected chi connectivity index (χ3v) is 3.43. The van der Waals surface area contributed by atoms with E-state index in [1.165, 1.54) is 18.3 Å². The number of hydrogen-bond donors (Lipinski definition) is 3. The minimum atomic E-state index is -0.375. The summed E-state index contributed by atoms with van der Waals surface area (Å²) < 4.78 is 0.654. The number of H-pyrrole nitrogens is 1. The maximum absolute atomic E-state index is 12.0. The number of carbonyl (C=O) groups excluding carboxylic acids is 1. The van der Waals surface area contributed by atoms with Crippen LogP contribution in [0.4, 0.5) is 5.69 Å². The van der Waals surface area contributed by atoms with Gasteiger partial charge >= 0.3 is 0 Å². The number of aromatic nitrogens is 1. The highest BCUT2D eigenvalue weighted by molar-refractivity contribution is 9.10. The molecule has 1 aromatic carbocycles. The molecule has 0 spiro atoms. The molecule has 0 unspecified atom stereocenters. The molecule has 0 aliphatic rings. The Balaban J connectivity index is 2.24. The van der Waals surface area contributed by atoms with E-state index in [0.29, 0.717) is 15.7 Å². The Morgan fingerprint density at radius 1 is 1.25 bits per heavy atom. The Morgan fingerprint density at radius 2 is 2.00 bits per heavy atom. The highest BCUT2D eigenvalue weighted by atomic mass is 79.9. The number of rotatable bonds is 3. The Morgan fingerprint density at radius 3 is 2.60 bits per heavy atom. The summed E-state index contributed by atoms with van der Waals surface area (Å²) >= 11 is 8.21. The standard InChI is InChI=1S/C13H10BrN3O2S/c14-9-5-7(12(15)20)1-2-10(9)17-13(19)8-3-4-16-11(18)6-8/h1-6H,(H2,15,20)(H,16,18)(H,17,19). The molecule has 2 aromatic rings. The van der Waals surface area contributed by atoms with Crippen molar-refractivity contribution < 1.29 is 4.79 Å². The quantitative estimate of drug-likeness (QED) is 0.738. The van der Waals surface area contributed by atoms with Crippen molar-refractivity contribution in [3.05, 3.63) is 62.5 Å². The SMILES string of the molecule is NC(=S)c1ccc(NC(=O)c2cc[nH]c(=O)c2)c(Br)c1. The van der Waals surface area contributed by atoms with E-state index in [-0.39, 0.29) is 22.0 Å². The molecule has 0 bridgehead atoms. The van der Waals surface area contributed by atoms with Gasteiger partial charge in [-0.3, -0.25) is 9.59 Å². The number of thiocarbonyl (C=S) groups is 1. The average molecular weight is 352 g/mol. The van der Waals surface area contributed by atoms with Gasteiger partial charge in [0.05, 0.1) is 5.69 Å². The van der Waals surface area contributed by atoms with Gasteiger partial charge in [-0.1, -0.05) is 12.2 Å². The second-order valence-corrected chi connectivity index (χ2v) is 5.25. The number of aromatic amines is 1. The number of nitrogens with two attached hydrogens (primary N) is 1. The highest BCUT2D eigenvalue weighted by Gasteiger charge is 2.09. The lowest BCUT2D eigenvalue weighted by atomic mass is 10.2. The van der Waals surface area contributed by atoms with E-state index in [4.69, 9.17) is 18.0 Å². The van der Waals surface area contributed by atoms with Gasteiger partial charge < -0.3 is 16.0 Å². The van der Waals surface area contributed by atoms with Crippen LogP contribution in [0.2, 0.25) is 0 Å². The Labute approximate surface area is 128 Å². The lowest BCUT2D eigenvalue weighted by Crippen LogP contribution is -2.16. The lowest BCUT2D eigenvalue weighted by Gasteiger charge is -2.08. The van der Waals surface area contributed by atoms with E-state index in [1.54, 1.807) is 18.2 Å². The molecule has 20 heavy (non-hydrogen) atoms. The monoisotopic (exact) mass is 351 g/mol. The van der Waals surface area contributed by atoms with Crippen LogP contribution in [0.1, 0.15) is 15.9 Å². The van der Waals surface area contributed by atoms with Crippen LogP contribution in [0.3, 0.4) is 0 Å². The van der Waals surface area contributed by atoms with Gasteiger partial charge in [0, 0.05) is 27.9 Å². The normalized spacial score (nSPS) is 10.1. The summed E-state index contributed by atoms with van der Waals surface area (Å²) in [6.07, 6.45) is 1.42. The summed E-state index contributed by atoms with van der Waals surface area (Å²) in [5.74, 6) is -0.375. The summed E-state index contributed by atoms with van der Waals surface area (Å²) in [4.78, 5) is 25.9. The summed E-state index contributed by atoms with van der Waals surface area (Å²) in [7, 11) is 0. The van der Waals surface area contributed by atoms with E-state index in [0.717, 1.165) is 0 Å². The van der Waals surface area contributed by atoms with Crippen molar-refractivity contribution in [3.63, 3.8) is 0 Å². The van der Waals surface area contributed by atoms with Crippen molar-refractivity contribution in [1.82, 2.24) is 4.98 Å². The van der Waals surface area contributed by atoms with Gasteiger partial charge in [-0.15, -0.1) is 0 Å². The highest BCUT2D eigenvalue weighted by Crippen LogP contribution is 2.24. The molecule has 0 atom stereocenters. The number of hydrogen-bond acceptors (Lipinski definition) is 3. The van der Waals surface area contributed by atoms with Crippen LogP contribution in [-0.4, -0.2) is 15.9 Å². The van der Waals surface area contributed by atoms with Crippen molar-refractivity contribution in [2.75, 3.05) is 5.32 Å². The van der Waals surface area contributed by atoms with Crippen LogP contribution >= 0.6 is 28.1 Å². The Kier molecular flexibility index (Phi) is 4.31. The number of benzene rings is 1. The first-order valence-electron chi connectivity index (χ1n) is 5.57. The van der Waals surface area contributed by atoms with Crippen LogP contribution in [-0.2, 0) is 0 Å². The maximum Gasteiger partial charge on any atom is 0.255 e. The fraction of sp³-hybridized carbons (Fsp3) is 0. The Hall–Kier alpha value is -1.99. The molecular formula is C13H10BrN3O2S. The minimum absolute atomic E-state index is 0.276. The smallest absolute Gasteiger partial charge is 0.255 e. The first-order valence-corrected chi connectivity index (χ1v) is 6.77. The predicted octanol–water partition coefficient (Wildman–Crippen LogP) is 2.02. The average Bonchev–Trinajstić information content (AvgIpc) is 2.40. The second kappa shape index (κ2) is 5.98. The molecule has 1 aromatic heterocycles. The number of nitrogens with one attached hydrogen (secondary N) is 2. The van der Waals surface area contributed by atoms with Gasteiger partial charge in [0.25, 0.3) is 5.91 Å². The molecule has 7 heteroatoms. The first-order chi connectivity index (χ1) is 9.47. The summed E-state index contributed by atoms with van der Waals surface area (Å²) in [5, 5.41) is 2.70. The van der Waals surface area contributed by atoms with Gasteiger partial charge in [-0.2, -0.15) is 0 Å². The van der Waals surface area contributed by atoms with Crippen molar-refractivity contribution in [2.45, 2.75) is 0 Å². The molecule has 1 amide bonds. The molecule has 102 valence electrons. The van der Waals surface area contributed by atoms with Crippen LogP contribution < -0.4 is 16.6 Å². The van der Waals surface area contributed by atoms with Crippen LogP contribution in [0, 0.1) is 0 Å². The number of pyridine rings is 1. The van der Waals surface area contributed by atoms with E-state index in [9.17, 15) is 9.59 Å². The molecule has 5 nitrogen and oxygen atoms in total. The minimum Gasteiger partial charge on any atom is -0.389 e. The molecule has 0 aliphatic carbocycles. The van der Waals surface area contributed by atoms with Gasteiger partial charge in [0.2, 0.25) is 5.56 Å². The van der Waals surface area contributed by atoms with Crippen molar-refractivity contribution in [2.24, 2.45) is 5.73 Å². The summed E-state index contributed by atoms with van der Waals surface area (Å²) in [6, 6.07) is 7.86. The zero-order valence-corrected chi connectivity index (χ0v) is 12.5. The topological polar surface area (TPSA) is 88.0 Å². The van der Waals surface area contributed by atoms with E-state index >= 15 is 0 Å². The number of anilines is 1. The number of amides is 1. The largest absolute Gasteiger partial charge is 0.389 e. The summed E-state index contributed by atoms with van der Waals surface area (Å²) in [6.45, 7) is 0. The first kappa shape index (κ1) is 14.4. The third kappa shape index (κ3) is 3.31. The molecule has 0 fully saturated rings. The van der Waals surface area contributed by atoms with Crippen molar-refractivity contribution >= 4 is 44.7 Å². The van der Waals surface area contributed by atoms with E-state index in [1.807, 2.05) is 0 Å². The third-order valence-electron chi connectivity index (χ3n) is 2.54. The number of carbonyl (C=O) groups is 1.